The van der Waals surface area contributed by atoms with Crippen LogP contribution in [0.15, 0.2) is 46.9 Å². The van der Waals surface area contributed by atoms with Crippen molar-refractivity contribution in [3.05, 3.63) is 63.9 Å². The van der Waals surface area contributed by atoms with Gasteiger partial charge in [-0.05, 0) is 41.8 Å². The van der Waals surface area contributed by atoms with E-state index in [1.54, 1.807) is 6.07 Å². The standard InChI is InChI=1S/C16H16BrFO2/c1-20-16-6-5-11(8-15(16)18)7-13(10-19)12-3-2-4-14(17)9-12/h2-6,8-9,13,19H,7,10H2,1H3. The first-order valence-electron chi connectivity index (χ1n) is 6.32. The van der Waals surface area contributed by atoms with Crippen molar-refractivity contribution >= 4 is 15.9 Å². The van der Waals surface area contributed by atoms with E-state index in [-0.39, 0.29) is 24.1 Å². The number of aliphatic hydroxyl groups excluding tert-OH is 1. The fourth-order valence-corrected chi connectivity index (χ4v) is 2.59. The third-order valence-corrected chi connectivity index (χ3v) is 3.73. The van der Waals surface area contributed by atoms with Crippen LogP contribution < -0.4 is 4.74 Å². The summed E-state index contributed by atoms with van der Waals surface area (Å²) >= 11 is 3.42. The van der Waals surface area contributed by atoms with Gasteiger partial charge in [0.25, 0.3) is 0 Å². The lowest BCUT2D eigenvalue weighted by Crippen LogP contribution is -2.08. The highest BCUT2D eigenvalue weighted by atomic mass is 79.9. The molecule has 1 atom stereocenters. The van der Waals surface area contributed by atoms with Crippen molar-refractivity contribution in [2.75, 3.05) is 13.7 Å². The third kappa shape index (κ3) is 3.58. The molecule has 2 nitrogen and oxygen atoms in total. The quantitative estimate of drug-likeness (QED) is 0.895. The van der Waals surface area contributed by atoms with Crippen molar-refractivity contribution in [2.24, 2.45) is 0 Å². The minimum atomic E-state index is -0.379. The van der Waals surface area contributed by atoms with Crippen LogP contribution in [0.25, 0.3) is 0 Å². The molecule has 0 radical (unpaired) electrons. The number of methoxy groups -OCH3 is 1. The highest BCUT2D eigenvalue weighted by Crippen LogP contribution is 2.25. The summed E-state index contributed by atoms with van der Waals surface area (Å²) in [5.41, 5.74) is 1.86. The molecule has 0 bridgehead atoms. The minimum absolute atomic E-state index is 0.0180. The van der Waals surface area contributed by atoms with Gasteiger partial charge in [0.15, 0.2) is 11.6 Å². The number of ether oxygens (including phenoxy) is 1. The fraction of sp³-hybridized carbons (Fsp3) is 0.250. The zero-order valence-corrected chi connectivity index (χ0v) is 12.7. The monoisotopic (exact) mass is 338 g/mol. The van der Waals surface area contributed by atoms with E-state index < -0.39 is 0 Å². The Morgan fingerprint density at radius 1 is 1.25 bits per heavy atom. The molecule has 0 aliphatic carbocycles. The molecule has 0 saturated carbocycles. The summed E-state index contributed by atoms with van der Waals surface area (Å²) in [4.78, 5) is 0. The Bertz CT molecular complexity index is 586. The average molecular weight is 339 g/mol. The van der Waals surface area contributed by atoms with E-state index in [9.17, 15) is 9.50 Å². The molecule has 0 heterocycles. The van der Waals surface area contributed by atoms with E-state index in [0.29, 0.717) is 6.42 Å². The van der Waals surface area contributed by atoms with Gasteiger partial charge in [0.05, 0.1) is 13.7 Å². The van der Waals surface area contributed by atoms with Crippen LogP contribution in [0.5, 0.6) is 5.75 Å². The van der Waals surface area contributed by atoms with Crippen LogP contribution in [-0.4, -0.2) is 18.8 Å². The molecule has 20 heavy (non-hydrogen) atoms. The first kappa shape index (κ1) is 15.0. The van der Waals surface area contributed by atoms with Crippen LogP contribution >= 0.6 is 15.9 Å². The molecule has 0 aliphatic heterocycles. The van der Waals surface area contributed by atoms with Gasteiger partial charge < -0.3 is 9.84 Å². The van der Waals surface area contributed by atoms with Gasteiger partial charge in [-0.15, -0.1) is 0 Å². The predicted molar refractivity (Wildman–Crippen MR) is 80.6 cm³/mol. The van der Waals surface area contributed by atoms with Gasteiger partial charge in [0.2, 0.25) is 0 Å². The molecule has 0 fully saturated rings. The van der Waals surface area contributed by atoms with Crippen LogP contribution in [0.1, 0.15) is 17.0 Å². The first-order chi connectivity index (χ1) is 9.63. The third-order valence-electron chi connectivity index (χ3n) is 3.24. The molecule has 106 valence electrons. The zero-order chi connectivity index (χ0) is 14.5. The number of aliphatic hydroxyl groups is 1. The summed E-state index contributed by atoms with van der Waals surface area (Å²) in [5, 5.41) is 9.57. The summed E-state index contributed by atoms with van der Waals surface area (Å²) in [6.07, 6.45) is 0.577. The highest BCUT2D eigenvalue weighted by Gasteiger charge is 2.13. The van der Waals surface area contributed by atoms with E-state index in [0.717, 1.165) is 15.6 Å². The summed E-state index contributed by atoms with van der Waals surface area (Å²) in [6, 6.07) is 12.7. The molecule has 0 aromatic heterocycles. The summed E-state index contributed by atoms with van der Waals surface area (Å²) < 4.78 is 19.5. The largest absolute Gasteiger partial charge is 0.494 e. The molecule has 0 aliphatic rings. The van der Waals surface area contributed by atoms with Gasteiger partial charge in [0.1, 0.15) is 0 Å². The highest BCUT2D eigenvalue weighted by molar-refractivity contribution is 9.10. The van der Waals surface area contributed by atoms with E-state index in [1.807, 2.05) is 30.3 Å². The lowest BCUT2D eigenvalue weighted by molar-refractivity contribution is 0.264. The maximum atomic E-state index is 13.7. The molecule has 0 amide bonds. The van der Waals surface area contributed by atoms with Gasteiger partial charge in [0, 0.05) is 10.4 Å². The molecule has 2 rings (SSSR count). The molecular formula is C16H16BrFO2. The lowest BCUT2D eigenvalue weighted by atomic mass is 9.92. The Balaban J connectivity index is 2.20. The molecule has 0 spiro atoms. The number of halogens is 2. The second kappa shape index (κ2) is 6.86. The molecule has 4 heteroatoms. The zero-order valence-electron chi connectivity index (χ0n) is 11.1. The topological polar surface area (TPSA) is 29.5 Å². The van der Waals surface area contributed by atoms with E-state index >= 15 is 0 Å². The maximum absolute atomic E-state index is 13.7. The lowest BCUT2D eigenvalue weighted by Gasteiger charge is -2.15. The Morgan fingerprint density at radius 2 is 2.05 bits per heavy atom. The van der Waals surface area contributed by atoms with Crippen molar-refractivity contribution in [1.29, 1.82) is 0 Å². The summed E-state index contributed by atoms with van der Waals surface area (Å²) in [7, 11) is 1.44. The van der Waals surface area contributed by atoms with Gasteiger partial charge >= 0.3 is 0 Å². The van der Waals surface area contributed by atoms with Crippen LogP contribution in [-0.2, 0) is 6.42 Å². The smallest absolute Gasteiger partial charge is 0.165 e. The first-order valence-corrected chi connectivity index (χ1v) is 7.12. The Morgan fingerprint density at radius 3 is 2.65 bits per heavy atom. The second-order valence-electron chi connectivity index (χ2n) is 4.61. The van der Waals surface area contributed by atoms with Gasteiger partial charge in [-0.25, -0.2) is 4.39 Å². The summed E-state index contributed by atoms with van der Waals surface area (Å²) in [6.45, 7) is 0.0180. The fourth-order valence-electron chi connectivity index (χ4n) is 2.17. The Kier molecular flexibility index (Phi) is 5.15. The van der Waals surface area contributed by atoms with E-state index in [1.165, 1.54) is 13.2 Å². The van der Waals surface area contributed by atoms with E-state index in [2.05, 4.69) is 15.9 Å². The van der Waals surface area contributed by atoms with E-state index in [4.69, 9.17) is 4.74 Å². The molecule has 0 saturated heterocycles. The molecule has 2 aromatic carbocycles. The SMILES string of the molecule is COc1ccc(CC(CO)c2cccc(Br)c2)cc1F. The number of rotatable bonds is 5. The van der Waals surface area contributed by atoms with Crippen molar-refractivity contribution < 1.29 is 14.2 Å². The Labute approximate surface area is 126 Å². The van der Waals surface area contributed by atoms with Crippen molar-refractivity contribution in [3.63, 3.8) is 0 Å². The number of benzene rings is 2. The molecule has 1 unspecified atom stereocenters. The van der Waals surface area contributed by atoms with Gasteiger partial charge in [-0.1, -0.05) is 34.1 Å². The average Bonchev–Trinajstić information content (AvgIpc) is 2.45. The summed E-state index contributed by atoms with van der Waals surface area (Å²) in [5.74, 6) is -0.201. The molecular weight excluding hydrogens is 323 g/mol. The number of hydrogen-bond acceptors (Lipinski definition) is 2. The van der Waals surface area contributed by atoms with Gasteiger partial charge in [-0.3, -0.25) is 0 Å². The van der Waals surface area contributed by atoms with Crippen molar-refractivity contribution in [3.8, 4) is 5.75 Å². The Hall–Kier alpha value is -1.39. The van der Waals surface area contributed by atoms with Crippen LogP contribution in [0.3, 0.4) is 0 Å². The maximum Gasteiger partial charge on any atom is 0.165 e. The van der Waals surface area contributed by atoms with Crippen LogP contribution in [0, 0.1) is 5.82 Å². The van der Waals surface area contributed by atoms with Gasteiger partial charge in [-0.2, -0.15) is 0 Å². The van der Waals surface area contributed by atoms with Crippen LogP contribution in [0.4, 0.5) is 4.39 Å². The normalized spacial score (nSPS) is 12.2. The minimum Gasteiger partial charge on any atom is -0.494 e. The predicted octanol–water partition coefficient (Wildman–Crippen LogP) is 3.92. The van der Waals surface area contributed by atoms with Crippen LogP contribution in [0.2, 0.25) is 0 Å². The number of hydrogen-bond donors (Lipinski definition) is 1. The van der Waals surface area contributed by atoms with Crippen molar-refractivity contribution in [2.45, 2.75) is 12.3 Å². The van der Waals surface area contributed by atoms with Crippen molar-refractivity contribution in [1.82, 2.24) is 0 Å². The molecule has 1 N–H and O–H groups in total. The second-order valence-corrected chi connectivity index (χ2v) is 5.52. The molecule has 2 aromatic rings.